The summed E-state index contributed by atoms with van der Waals surface area (Å²) in [5, 5.41) is 5.40. The second-order valence-electron chi connectivity index (χ2n) is 5.08. The van der Waals surface area contributed by atoms with Gasteiger partial charge in [-0.15, -0.1) is 0 Å². The lowest BCUT2D eigenvalue weighted by Crippen LogP contribution is -2.25. The summed E-state index contributed by atoms with van der Waals surface area (Å²) in [6, 6.07) is 7.06. The molecule has 0 fully saturated rings. The molecule has 1 atom stereocenters. The predicted molar refractivity (Wildman–Crippen MR) is 91.6 cm³/mol. The number of aromatic nitrogens is 2. The van der Waals surface area contributed by atoms with E-state index in [0.29, 0.717) is 0 Å². The maximum absolute atomic E-state index is 12.1. The molecular formula is C15H18BrN3O2S. The predicted octanol–water partition coefficient (Wildman–Crippen LogP) is 3.14. The van der Waals surface area contributed by atoms with E-state index in [9.17, 15) is 8.42 Å². The van der Waals surface area contributed by atoms with Gasteiger partial charge in [-0.3, -0.25) is 4.68 Å². The fraction of sp³-hybridized carbons (Fsp3) is 0.267. The molecule has 1 unspecified atom stereocenters. The molecule has 1 aromatic carbocycles. The highest BCUT2D eigenvalue weighted by Gasteiger charge is 2.16. The minimum Gasteiger partial charge on any atom is -0.275 e. The molecule has 22 heavy (non-hydrogen) atoms. The molecule has 0 amide bonds. The number of nitrogens with zero attached hydrogens (tertiary/aromatic N) is 2. The van der Waals surface area contributed by atoms with Crippen molar-refractivity contribution in [2.45, 2.75) is 19.9 Å². The van der Waals surface area contributed by atoms with Crippen LogP contribution in [0.3, 0.4) is 0 Å². The van der Waals surface area contributed by atoms with Crippen LogP contribution in [0.1, 0.15) is 29.8 Å². The summed E-state index contributed by atoms with van der Waals surface area (Å²) in [5.41, 5.74) is 2.50. The Morgan fingerprint density at radius 3 is 2.50 bits per heavy atom. The first-order valence-electron chi connectivity index (χ1n) is 6.73. The zero-order valence-electron chi connectivity index (χ0n) is 12.6. The second kappa shape index (κ2) is 6.76. The highest BCUT2D eigenvalue weighted by atomic mass is 79.9. The van der Waals surface area contributed by atoms with Crippen LogP contribution in [0.15, 0.2) is 40.3 Å². The standard InChI is InChI=1S/C15H18BrN3O2S/c1-11-15(10-19(3)17-11)12(2)18-22(20,21)9-8-13-4-6-14(16)7-5-13/h4-10,12,18H,1-3H3/b9-8+. The van der Waals surface area contributed by atoms with Crippen LogP contribution in [0.2, 0.25) is 0 Å². The summed E-state index contributed by atoms with van der Waals surface area (Å²) in [6.07, 6.45) is 3.39. The van der Waals surface area contributed by atoms with Crippen molar-refractivity contribution in [3.05, 3.63) is 57.2 Å². The van der Waals surface area contributed by atoms with E-state index in [4.69, 9.17) is 0 Å². The van der Waals surface area contributed by atoms with Crippen molar-refractivity contribution in [2.75, 3.05) is 0 Å². The van der Waals surface area contributed by atoms with Crippen molar-refractivity contribution in [3.63, 3.8) is 0 Å². The van der Waals surface area contributed by atoms with Crippen molar-refractivity contribution < 1.29 is 8.42 Å². The average Bonchev–Trinajstić information content (AvgIpc) is 2.77. The fourth-order valence-corrected chi connectivity index (χ4v) is 3.43. The lowest BCUT2D eigenvalue weighted by Gasteiger charge is -2.11. The summed E-state index contributed by atoms with van der Waals surface area (Å²) in [6.45, 7) is 3.66. The van der Waals surface area contributed by atoms with Gasteiger partial charge in [0, 0.05) is 34.7 Å². The molecule has 0 saturated carbocycles. The molecule has 1 heterocycles. The third kappa shape index (κ3) is 4.53. The van der Waals surface area contributed by atoms with E-state index in [1.54, 1.807) is 17.7 Å². The molecule has 2 rings (SSSR count). The Morgan fingerprint density at radius 1 is 1.32 bits per heavy atom. The molecule has 5 nitrogen and oxygen atoms in total. The van der Waals surface area contributed by atoms with Gasteiger partial charge in [0.15, 0.2) is 0 Å². The normalized spacial score (nSPS) is 13.6. The van der Waals surface area contributed by atoms with Crippen LogP contribution in [0, 0.1) is 6.92 Å². The van der Waals surface area contributed by atoms with Gasteiger partial charge in [-0.2, -0.15) is 5.10 Å². The topological polar surface area (TPSA) is 64.0 Å². The van der Waals surface area contributed by atoms with Crippen molar-refractivity contribution >= 4 is 32.0 Å². The van der Waals surface area contributed by atoms with Gasteiger partial charge in [-0.1, -0.05) is 28.1 Å². The molecule has 0 aliphatic rings. The summed E-state index contributed by atoms with van der Waals surface area (Å²) in [5.74, 6) is 0. The van der Waals surface area contributed by atoms with Gasteiger partial charge in [0.1, 0.15) is 0 Å². The largest absolute Gasteiger partial charge is 0.275 e. The molecule has 118 valence electrons. The molecule has 0 spiro atoms. The van der Waals surface area contributed by atoms with Gasteiger partial charge in [-0.05, 0) is 37.6 Å². The Bertz CT molecular complexity index is 780. The van der Waals surface area contributed by atoms with Crippen molar-refractivity contribution in [2.24, 2.45) is 7.05 Å². The maximum atomic E-state index is 12.1. The third-order valence-corrected chi connectivity index (χ3v) is 4.87. The molecule has 7 heteroatoms. The first kappa shape index (κ1) is 16.9. The quantitative estimate of drug-likeness (QED) is 0.862. The number of aryl methyl sites for hydroxylation is 2. The number of nitrogens with one attached hydrogen (secondary N) is 1. The van der Waals surface area contributed by atoms with Gasteiger partial charge in [0.2, 0.25) is 10.0 Å². The van der Waals surface area contributed by atoms with Crippen LogP contribution in [0.25, 0.3) is 6.08 Å². The summed E-state index contributed by atoms with van der Waals surface area (Å²) in [7, 11) is -1.71. The molecule has 2 aromatic rings. The molecule has 0 saturated heterocycles. The maximum Gasteiger partial charge on any atom is 0.234 e. The van der Waals surface area contributed by atoms with Crippen molar-refractivity contribution in [3.8, 4) is 0 Å². The van der Waals surface area contributed by atoms with E-state index in [1.807, 2.05) is 44.4 Å². The Balaban J connectivity index is 2.10. The summed E-state index contributed by atoms with van der Waals surface area (Å²) < 4.78 is 29.5. The van der Waals surface area contributed by atoms with Gasteiger partial charge < -0.3 is 0 Å². The highest BCUT2D eigenvalue weighted by molar-refractivity contribution is 9.10. The number of halogens is 1. The molecule has 0 bridgehead atoms. The molecule has 0 aliphatic heterocycles. The van der Waals surface area contributed by atoms with Crippen LogP contribution in [0.5, 0.6) is 0 Å². The molecule has 0 aliphatic carbocycles. The Morgan fingerprint density at radius 2 is 1.95 bits per heavy atom. The Kier molecular flexibility index (Phi) is 5.20. The summed E-state index contributed by atoms with van der Waals surface area (Å²) >= 11 is 3.34. The Labute approximate surface area is 139 Å². The van der Waals surface area contributed by atoms with E-state index in [1.165, 1.54) is 5.41 Å². The SMILES string of the molecule is Cc1nn(C)cc1C(C)NS(=O)(=O)/C=C/c1ccc(Br)cc1. The van der Waals surface area contributed by atoms with E-state index < -0.39 is 10.0 Å². The van der Waals surface area contributed by atoms with E-state index in [-0.39, 0.29) is 6.04 Å². The fourth-order valence-electron chi connectivity index (χ4n) is 2.13. The van der Waals surface area contributed by atoms with E-state index in [0.717, 1.165) is 21.3 Å². The monoisotopic (exact) mass is 383 g/mol. The number of hydrogen-bond donors (Lipinski definition) is 1. The highest BCUT2D eigenvalue weighted by Crippen LogP contribution is 2.17. The van der Waals surface area contributed by atoms with E-state index >= 15 is 0 Å². The number of hydrogen-bond acceptors (Lipinski definition) is 3. The first-order chi connectivity index (χ1) is 10.3. The smallest absolute Gasteiger partial charge is 0.234 e. The first-order valence-corrected chi connectivity index (χ1v) is 9.07. The van der Waals surface area contributed by atoms with Gasteiger partial charge >= 0.3 is 0 Å². The summed E-state index contributed by atoms with van der Waals surface area (Å²) in [4.78, 5) is 0. The molecular weight excluding hydrogens is 366 g/mol. The third-order valence-electron chi connectivity index (χ3n) is 3.17. The molecule has 1 aromatic heterocycles. The van der Waals surface area contributed by atoms with Gasteiger partial charge in [0.05, 0.1) is 5.69 Å². The lowest BCUT2D eigenvalue weighted by atomic mass is 10.1. The van der Waals surface area contributed by atoms with Crippen LogP contribution in [-0.2, 0) is 17.1 Å². The molecule has 1 N–H and O–H groups in total. The Hall–Kier alpha value is -1.44. The lowest BCUT2D eigenvalue weighted by molar-refractivity contribution is 0.576. The van der Waals surface area contributed by atoms with Gasteiger partial charge in [-0.25, -0.2) is 13.1 Å². The number of rotatable bonds is 5. The number of sulfonamides is 1. The van der Waals surface area contributed by atoms with Crippen LogP contribution < -0.4 is 4.72 Å². The zero-order chi connectivity index (χ0) is 16.3. The molecule has 0 radical (unpaired) electrons. The minimum atomic E-state index is -3.52. The van der Waals surface area contributed by atoms with Crippen LogP contribution in [-0.4, -0.2) is 18.2 Å². The second-order valence-corrected chi connectivity index (χ2v) is 7.60. The average molecular weight is 384 g/mol. The van der Waals surface area contributed by atoms with Gasteiger partial charge in [0.25, 0.3) is 0 Å². The number of benzene rings is 1. The van der Waals surface area contributed by atoms with Crippen LogP contribution in [0.4, 0.5) is 0 Å². The van der Waals surface area contributed by atoms with Crippen molar-refractivity contribution in [1.29, 1.82) is 0 Å². The minimum absolute atomic E-state index is 0.340. The van der Waals surface area contributed by atoms with E-state index in [2.05, 4.69) is 25.8 Å². The zero-order valence-corrected chi connectivity index (χ0v) is 15.0. The van der Waals surface area contributed by atoms with Crippen LogP contribution >= 0.6 is 15.9 Å². The van der Waals surface area contributed by atoms with Crippen molar-refractivity contribution in [1.82, 2.24) is 14.5 Å².